The molecule has 7 nitrogen and oxygen atoms in total. The van der Waals surface area contributed by atoms with Gasteiger partial charge in [-0.1, -0.05) is 158 Å². The van der Waals surface area contributed by atoms with Gasteiger partial charge in [0.2, 0.25) is 0 Å². The molecular weight excluding hydrogens is 821 g/mol. The van der Waals surface area contributed by atoms with E-state index in [0.29, 0.717) is 28.5 Å². The van der Waals surface area contributed by atoms with Crippen molar-refractivity contribution in [2.75, 3.05) is 0 Å². The highest BCUT2D eigenvalue weighted by Gasteiger charge is 2.23. The van der Waals surface area contributed by atoms with Gasteiger partial charge in [0, 0.05) is 55.3 Å². The lowest BCUT2D eigenvalue weighted by molar-refractivity contribution is 1.05. The number of benzene rings is 9. The van der Waals surface area contributed by atoms with Crippen LogP contribution in [-0.4, -0.2) is 28.7 Å². The highest BCUT2D eigenvalue weighted by molar-refractivity contribution is 6.19. The Morgan fingerprint density at radius 3 is 1.33 bits per heavy atom. The van der Waals surface area contributed by atoms with E-state index < -0.39 is 0 Å². The molecule has 0 atom stereocenters. The van der Waals surface area contributed by atoms with Gasteiger partial charge in [-0.25, -0.2) is 15.0 Å². The van der Waals surface area contributed by atoms with Gasteiger partial charge in [-0.3, -0.25) is 9.36 Å². The summed E-state index contributed by atoms with van der Waals surface area (Å²) in [5.41, 5.74) is 12.2. The minimum atomic E-state index is -0.116. The van der Waals surface area contributed by atoms with Crippen LogP contribution in [0, 0.1) is 0 Å². The number of hydrogen-bond acceptors (Lipinski definition) is 4. The summed E-state index contributed by atoms with van der Waals surface area (Å²) >= 11 is 0. The molecule has 13 rings (SSSR count). The second-order valence-electron chi connectivity index (χ2n) is 16.8. The fourth-order valence-electron chi connectivity index (χ4n) is 9.86. The Balaban J connectivity index is 1.04. The Kier molecular flexibility index (Phi) is 8.86. The van der Waals surface area contributed by atoms with E-state index >= 15 is 4.79 Å². The molecule has 13 aromatic rings. The van der Waals surface area contributed by atoms with E-state index in [9.17, 15) is 0 Å². The maximum atomic E-state index is 15.7. The standard InChI is InChI=1S/C60H38N6O/c67-60-55-50-38-42(41-32-34-53-49(37-41)47-28-13-15-30-51(47)64(53)44-23-9-3-10-24-44)33-35-54(50)65(45-25-11-4-12-26-45)56(55)48-29-14-16-31-52(48)66(60)46-27-17-22-43(36-46)59-62-57(39-18-5-1-6-19-39)61-58(63-59)40-20-7-2-8-21-40/h1-38H. The fraction of sp³-hybridized carbons (Fsp3) is 0. The van der Waals surface area contributed by atoms with E-state index in [4.69, 9.17) is 15.0 Å². The van der Waals surface area contributed by atoms with E-state index in [1.54, 1.807) is 0 Å². The fourth-order valence-corrected chi connectivity index (χ4v) is 9.86. The zero-order valence-electron chi connectivity index (χ0n) is 36.0. The van der Waals surface area contributed by atoms with Gasteiger partial charge in [0.05, 0.1) is 33.0 Å². The molecule has 0 aliphatic heterocycles. The number of fused-ring (bicyclic) bond motifs is 8. The quantitative estimate of drug-likeness (QED) is 0.160. The van der Waals surface area contributed by atoms with Crippen molar-refractivity contribution >= 4 is 54.5 Å². The average molecular weight is 859 g/mol. The third-order valence-corrected chi connectivity index (χ3v) is 12.9. The topological polar surface area (TPSA) is 70.5 Å². The first kappa shape index (κ1) is 38.3. The summed E-state index contributed by atoms with van der Waals surface area (Å²) in [6.45, 7) is 0. The van der Waals surface area contributed by atoms with Crippen molar-refractivity contribution in [3.05, 3.63) is 241 Å². The molecule has 0 saturated heterocycles. The van der Waals surface area contributed by atoms with Crippen molar-refractivity contribution in [2.45, 2.75) is 0 Å². The van der Waals surface area contributed by atoms with Crippen LogP contribution in [0.25, 0.3) is 117 Å². The molecule has 9 aromatic carbocycles. The zero-order valence-corrected chi connectivity index (χ0v) is 36.0. The highest BCUT2D eigenvalue weighted by Crippen LogP contribution is 2.40. The van der Waals surface area contributed by atoms with Crippen LogP contribution in [0.15, 0.2) is 235 Å². The molecule has 0 amide bonds. The molecular formula is C60H38N6O. The first-order valence-electron chi connectivity index (χ1n) is 22.4. The van der Waals surface area contributed by atoms with E-state index in [2.05, 4.69) is 118 Å². The SMILES string of the molecule is O=c1c2c3cc(-c4ccc5c(c4)c4ccccc4n5-c4ccccc4)ccc3n(-c3ccccc3)c2c2ccccc2n1-c1cccc(-c2nc(-c3ccccc3)nc(-c3ccccc3)n2)c1. The van der Waals surface area contributed by atoms with Gasteiger partial charge in [0.25, 0.3) is 5.56 Å². The van der Waals surface area contributed by atoms with Gasteiger partial charge in [-0.05, 0) is 83.9 Å². The van der Waals surface area contributed by atoms with Crippen LogP contribution in [0.3, 0.4) is 0 Å². The molecule has 314 valence electrons. The van der Waals surface area contributed by atoms with Crippen LogP contribution in [-0.2, 0) is 0 Å². The summed E-state index contributed by atoms with van der Waals surface area (Å²) in [6, 6.07) is 78.8. The number of aromatic nitrogens is 6. The lowest BCUT2D eigenvalue weighted by atomic mass is 10.0. The summed E-state index contributed by atoms with van der Waals surface area (Å²) < 4.78 is 6.43. The predicted molar refractivity (Wildman–Crippen MR) is 273 cm³/mol. The summed E-state index contributed by atoms with van der Waals surface area (Å²) in [5, 5.41) is 4.83. The van der Waals surface area contributed by atoms with Crippen molar-refractivity contribution in [1.82, 2.24) is 28.7 Å². The Hall–Kier alpha value is -9.20. The van der Waals surface area contributed by atoms with Crippen LogP contribution in [0.4, 0.5) is 0 Å². The van der Waals surface area contributed by atoms with E-state index in [-0.39, 0.29) is 5.56 Å². The van der Waals surface area contributed by atoms with Crippen molar-refractivity contribution in [2.24, 2.45) is 0 Å². The molecule has 0 saturated carbocycles. The van der Waals surface area contributed by atoms with Crippen molar-refractivity contribution in [1.29, 1.82) is 0 Å². The van der Waals surface area contributed by atoms with Gasteiger partial charge in [-0.15, -0.1) is 0 Å². The smallest absolute Gasteiger partial charge is 0.265 e. The molecule has 0 aliphatic rings. The van der Waals surface area contributed by atoms with Gasteiger partial charge in [0.15, 0.2) is 17.5 Å². The largest absolute Gasteiger partial charge is 0.309 e. The molecule has 4 aromatic heterocycles. The molecule has 0 unspecified atom stereocenters. The molecule has 0 fully saturated rings. The maximum absolute atomic E-state index is 15.7. The molecule has 0 bridgehead atoms. The third kappa shape index (κ3) is 6.28. The number of nitrogens with zero attached hydrogens (tertiary/aromatic N) is 6. The van der Waals surface area contributed by atoms with Crippen LogP contribution < -0.4 is 5.56 Å². The lowest BCUT2D eigenvalue weighted by Crippen LogP contribution is -2.19. The number of hydrogen-bond donors (Lipinski definition) is 0. The average Bonchev–Trinajstić information content (AvgIpc) is 3.93. The minimum Gasteiger partial charge on any atom is -0.309 e. The molecule has 0 N–H and O–H groups in total. The molecule has 0 aliphatic carbocycles. The normalized spacial score (nSPS) is 11.6. The van der Waals surface area contributed by atoms with Crippen LogP contribution in [0.1, 0.15) is 0 Å². The summed E-state index contributed by atoms with van der Waals surface area (Å²) in [6.07, 6.45) is 0. The van der Waals surface area contributed by atoms with E-state index in [1.807, 2.05) is 126 Å². The van der Waals surface area contributed by atoms with Crippen molar-refractivity contribution in [3.63, 3.8) is 0 Å². The number of rotatable bonds is 7. The summed E-state index contributed by atoms with van der Waals surface area (Å²) in [5.74, 6) is 1.66. The predicted octanol–water partition coefficient (Wildman–Crippen LogP) is 14.0. The monoisotopic (exact) mass is 858 g/mol. The van der Waals surface area contributed by atoms with E-state index in [0.717, 1.165) is 77.5 Å². The first-order valence-corrected chi connectivity index (χ1v) is 22.4. The molecule has 4 heterocycles. The minimum absolute atomic E-state index is 0.116. The van der Waals surface area contributed by atoms with Crippen molar-refractivity contribution < 1.29 is 0 Å². The van der Waals surface area contributed by atoms with E-state index in [1.165, 1.54) is 10.8 Å². The van der Waals surface area contributed by atoms with Gasteiger partial charge >= 0.3 is 0 Å². The lowest BCUT2D eigenvalue weighted by Gasteiger charge is -2.15. The molecule has 0 spiro atoms. The molecule has 67 heavy (non-hydrogen) atoms. The first-order chi connectivity index (χ1) is 33.2. The van der Waals surface area contributed by atoms with Crippen LogP contribution in [0.2, 0.25) is 0 Å². The van der Waals surface area contributed by atoms with Gasteiger partial charge in [0.1, 0.15) is 0 Å². The highest BCUT2D eigenvalue weighted by atomic mass is 16.1. The molecule has 0 radical (unpaired) electrons. The Bertz CT molecular complexity index is 4040. The zero-order chi connectivity index (χ0) is 44.4. The Morgan fingerprint density at radius 1 is 0.284 bits per heavy atom. The Morgan fingerprint density at radius 2 is 0.716 bits per heavy atom. The number of para-hydroxylation sites is 4. The van der Waals surface area contributed by atoms with Crippen molar-refractivity contribution in [3.8, 4) is 62.4 Å². The maximum Gasteiger partial charge on any atom is 0.265 e. The Labute approximate surface area is 384 Å². The molecule has 7 heteroatoms. The number of pyridine rings is 1. The van der Waals surface area contributed by atoms with Gasteiger partial charge < -0.3 is 9.13 Å². The second kappa shape index (κ2) is 15.5. The van der Waals surface area contributed by atoms with Crippen LogP contribution in [0.5, 0.6) is 0 Å². The summed E-state index contributed by atoms with van der Waals surface area (Å²) in [4.78, 5) is 30.7. The second-order valence-corrected chi connectivity index (χ2v) is 16.8. The third-order valence-electron chi connectivity index (χ3n) is 12.9. The van der Waals surface area contributed by atoms with Crippen LogP contribution >= 0.6 is 0 Å². The van der Waals surface area contributed by atoms with Gasteiger partial charge in [-0.2, -0.15) is 0 Å². The summed E-state index contributed by atoms with van der Waals surface area (Å²) in [7, 11) is 0.